The monoisotopic (exact) mass is 379 g/mol. The minimum Gasteiger partial charge on any atom is -0.452 e. The minimum atomic E-state index is -0.702. The van der Waals surface area contributed by atoms with E-state index in [0.29, 0.717) is 12.2 Å². The van der Waals surface area contributed by atoms with Crippen LogP contribution in [0.25, 0.3) is 0 Å². The van der Waals surface area contributed by atoms with Gasteiger partial charge in [-0.1, -0.05) is 0 Å². The van der Waals surface area contributed by atoms with Crippen molar-refractivity contribution in [2.24, 2.45) is 0 Å². The van der Waals surface area contributed by atoms with Gasteiger partial charge in [0.2, 0.25) is 5.91 Å². The zero-order valence-corrected chi connectivity index (χ0v) is 15.9. The molecule has 1 rings (SSSR count). The average molecular weight is 379 g/mol. The highest BCUT2D eigenvalue weighted by Gasteiger charge is 2.16. The number of anilines is 1. The fourth-order valence-electron chi connectivity index (χ4n) is 1.82. The molecule has 0 aromatic heterocycles. The van der Waals surface area contributed by atoms with Crippen LogP contribution in [0.3, 0.4) is 0 Å². The predicted molar refractivity (Wildman–Crippen MR) is 98.3 cm³/mol. The van der Waals surface area contributed by atoms with Crippen LogP contribution in [0, 0.1) is 0 Å². The number of carbonyl (C=O) groups excluding carboxylic acids is 4. The maximum Gasteiger partial charge on any atom is 0.412 e. The van der Waals surface area contributed by atoms with Gasteiger partial charge < -0.3 is 20.1 Å². The zero-order chi connectivity index (χ0) is 20.4. The summed E-state index contributed by atoms with van der Waals surface area (Å²) in [6.07, 6.45) is -0.610. The van der Waals surface area contributed by atoms with Gasteiger partial charge in [-0.2, -0.15) is 0 Å². The second-order valence-corrected chi connectivity index (χ2v) is 6.51. The van der Waals surface area contributed by atoms with Gasteiger partial charge in [0.25, 0.3) is 5.91 Å². The zero-order valence-electron chi connectivity index (χ0n) is 15.9. The Kier molecular flexibility index (Phi) is 8.25. The Hall–Kier alpha value is -3.10. The quantitative estimate of drug-likeness (QED) is 0.616. The number of nitrogens with one attached hydrogen (secondary N) is 3. The lowest BCUT2D eigenvalue weighted by molar-refractivity contribution is -0.127. The number of hydrogen-bond acceptors (Lipinski definition) is 6. The first-order chi connectivity index (χ1) is 12.6. The minimum absolute atomic E-state index is 0.185. The van der Waals surface area contributed by atoms with Gasteiger partial charge in [-0.25, -0.2) is 9.59 Å². The lowest BCUT2D eigenvalue weighted by Crippen LogP contribution is -2.38. The third kappa shape index (κ3) is 9.24. The molecule has 0 radical (unpaired) electrons. The van der Waals surface area contributed by atoms with E-state index in [1.165, 1.54) is 24.3 Å². The van der Waals surface area contributed by atoms with E-state index in [9.17, 15) is 19.2 Å². The van der Waals surface area contributed by atoms with Crippen LogP contribution < -0.4 is 16.0 Å². The van der Waals surface area contributed by atoms with E-state index in [1.54, 1.807) is 27.7 Å². The summed E-state index contributed by atoms with van der Waals surface area (Å²) in [6.45, 7) is 6.78. The lowest BCUT2D eigenvalue weighted by atomic mass is 10.2. The van der Waals surface area contributed by atoms with E-state index in [2.05, 4.69) is 16.0 Å². The number of amides is 3. The summed E-state index contributed by atoms with van der Waals surface area (Å²) in [6, 6.07) is 5.91. The predicted octanol–water partition coefficient (Wildman–Crippen LogP) is 1.44. The van der Waals surface area contributed by atoms with Crippen molar-refractivity contribution in [3.05, 3.63) is 29.8 Å². The highest BCUT2D eigenvalue weighted by Crippen LogP contribution is 2.13. The van der Waals surface area contributed by atoms with E-state index >= 15 is 0 Å². The van der Waals surface area contributed by atoms with Crippen molar-refractivity contribution in [2.45, 2.75) is 33.3 Å². The summed E-state index contributed by atoms with van der Waals surface area (Å²) in [5.41, 5.74) is 0.0350. The Bertz CT molecular complexity index is 679. The molecule has 0 saturated heterocycles. The molecule has 1 aromatic carbocycles. The Labute approximate surface area is 157 Å². The summed E-state index contributed by atoms with van der Waals surface area (Å²) >= 11 is 0. The second-order valence-electron chi connectivity index (χ2n) is 6.51. The number of carbonyl (C=O) groups is 4. The first-order valence-electron chi connectivity index (χ1n) is 8.41. The molecule has 1 aromatic rings. The van der Waals surface area contributed by atoms with Gasteiger partial charge in [0.15, 0.2) is 6.61 Å². The first kappa shape index (κ1) is 21.9. The Morgan fingerprint density at radius 3 is 2.15 bits per heavy atom. The number of rotatable bonds is 7. The van der Waals surface area contributed by atoms with Crippen molar-refractivity contribution in [3.8, 4) is 0 Å². The fourth-order valence-corrected chi connectivity index (χ4v) is 1.82. The molecule has 3 amide bonds. The molecule has 3 N–H and O–H groups in total. The van der Waals surface area contributed by atoms with E-state index in [-0.39, 0.29) is 18.0 Å². The van der Waals surface area contributed by atoms with Crippen LogP contribution in [-0.4, -0.2) is 49.2 Å². The van der Waals surface area contributed by atoms with Crippen LogP contribution in [0.15, 0.2) is 24.3 Å². The molecule has 148 valence electrons. The number of esters is 1. The van der Waals surface area contributed by atoms with Gasteiger partial charge >= 0.3 is 12.1 Å². The van der Waals surface area contributed by atoms with Crippen molar-refractivity contribution in [1.29, 1.82) is 0 Å². The highest BCUT2D eigenvalue weighted by molar-refractivity contribution is 5.93. The summed E-state index contributed by atoms with van der Waals surface area (Å²) < 4.78 is 10.00. The molecular weight excluding hydrogens is 354 g/mol. The van der Waals surface area contributed by atoms with E-state index < -0.39 is 30.2 Å². The Balaban J connectivity index is 2.44. The number of ether oxygens (including phenoxy) is 2. The molecule has 0 aliphatic heterocycles. The van der Waals surface area contributed by atoms with Crippen molar-refractivity contribution in [1.82, 2.24) is 10.6 Å². The second kappa shape index (κ2) is 10.1. The standard InChI is InChI=1S/C18H25N3O6/c1-5-19-14(22)10-20-15(23)11-26-16(24)12-6-8-13(9-7-12)21-17(25)27-18(2,3)4/h6-9H,5,10-11H2,1-4H3,(H,19,22)(H,20,23)(H,21,25). The van der Waals surface area contributed by atoms with Crippen LogP contribution in [0.2, 0.25) is 0 Å². The van der Waals surface area contributed by atoms with E-state index in [0.717, 1.165) is 0 Å². The van der Waals surface area contributed by atoms with Crippen molar-refractivity contribution >= 4 is 29.6 Å². The Morgan fingerprint density at radius 2 is 1.59 bits per heavy atom. The number of benzene rings is 1. The fraction of sp³-hybridized carbons (Fsp3) is 0.444. The maximum atomic E-state index is 11.9. The molecule has 0 heterocycles. The van der Waals surface area contributed by atoms with Gasteiger partial charge in [0, 0.05) is 12.2 Å². The molecule has 0 unspecified atom stereocenters. The van der Waals surface area contributed by atoms with Crippen LogP contribution in [-0.2, 0) is 19.1 Å². The van der Waals surface area contributed by atoms with Crippen LogP contribution >= 0.6 is 0 Å². The molecule has 0 spiro atoms. The molecule has 0 fully saturated rings. The largest absolute Gasteiger partial charge is 0.452 e. The molecule has 27 heavy (non-hydrogen) atoms. The number of likely N-dealkylation sites (N-methyl/N-ethyl adjacent to an activating group) is 1. The molecule has 0 bridgehead atoms. The van der Waals surface area contributed by atoms with Gasteiger partial charge in [-0.3, -0.25) is 14.9 Å². The number of hydrogen-bond donors (Lipinski definition) is 3. The SMILES string of the molecule is CCNC(=O)CNC(=O)COC(=O)c1ccc(NC(=O)OC(C)(C)C)cc1. The van der Waals surface area contributed by atoms with Crippen LogP contribution in [0.5, 0.6) is 0 Å². The smallest absolute Gasteiger partial charge is 0.412 e. The lowest BCUT2D eigenvalue weighted by Gasteiger charge is -2.19. The van der Waals surface area contributed by atoms with Gasteiger partial charge in [-0.15, -0.1) is 0 Å². The van der Waals surface area contributed by atoms with Crippen LogP contribution in [0.4, 0.5) is 10.5 Å². The Morgan fingerprint density at radius 1 is 0.963 bits per heavy atom. The first-order valence-corrected chi connectivity index (χ1v) is 8.41. The summed E-state index contributed by atoms with van der Waals surface area (Å²) in [5, 5.41) is 7.39. The molecule has 0 atom stereocenters. The topological polar surface area (TPSA) is 123 Å². The third-order valence-corrected chi connectivity index (χ3v) is 2.92. The van der Waals surface area contributed by atoms with Crippen molar-refractivity contribution in [2.75, 3.05) is 25.0 Å². The highest BCUT2D eigenvalue weighted by atomic mass is 16.6. The average Bonchev–Trinajstić information content (AvgIpc) is 2.57. The van der Waals surface area contributed by atoms with Gasteiger partial charge in [-0.05, 0) is 52.0 Å². The molecule has 0 saturated carbocycles. The van der Waals surface area contributed by atoms with Gasteiger partial charge in [0.05, 0.1) is 12.1 Å². The summed E-state index contributed by atoms with van der Waals surface area (Å²) in [5.74, 6) is -1.62. The normalized spacial score (nSPS) is 10.5. The van der Waals surface area contributed by atoms with E-state index in [4.69, 9.17) is 9.47 Å². The molecule has 9 nitrogen and oxygen atoms in total. The van der Waals surface area contributed by atoms with Gasteiger partial charge in [0.1, 0.15) is 5.60 Å². The van der Waals surface area contributed by atoms with Crippen molar-refractivity contribution in [3.63, 3.8) is 0 Å². The molecule has 0 aliphatic rings. The molecule has 0 aliphatic carbocycles. The third-order valence-electron chi connectivity index (χ3n) is 2.92. The van der Waals surface area contributed by atoms with E-state index in [1.807, 2.05) is 0 Å². The van der Waals surface area contributed by atoms with Crippen LogP contribution in [0.1, 0.15) is 38.1 Å². The molecule has 9 heteroatoms. The van der Waals surface area contributed by atoms with Crippen molar-refractivity contribution < 1.29 is 28.7 Å². The summed E-state index contributed by atoms with van der Waals surface area (Å²) in [4.78, 5) is 46.4. The maximum absolute atomic E-state index is 11.9. The molecular formula is C18H25N3O6. The summed E-state index contributed by atoms with van der Waals surface area (Å²) in [7, 11) is 0.